The van der Waals surface area contributed by atoms with Crippen molar-refractivity contribution >= 4 is 11.9 Å². The van der Waals surface area contributed by atoms with E-state index in [9.17, 15) is 4.79 Å². The molecule has 1 N–H and O–H groups in total. The number of rotatable bonds is 6. The number of aliphatic imine (C=N–C) groups is 1. The van der Waals surface area contributed by atoms with Gasteiger partial charge in [0.05, 0.1) is 0 Å². The van der Waals surface area contributed by atoms with Crippen LogP contribution in [0, 0.1) is 11.8 Å². The molecule has 0 aromatic heterocycles. The van der Waals surface area contributed by atoms with Crippen LogP contribution in [-0.4, -0.2) is 48.9 Å². The summed E-state index contributed by atoms with van der Waals surface area (Å²) >= 11 is 0. The zero-order valence-electron chi connectivity index (χ0n) is 17.8. The minimum atomic E-state index is 0.282. The molecule has 1 saturated heterocycles. The monoisotopic (exact) mass is 384 g/mol. The lowest BCUT2D eigenvalue weighted by atomic mass is 9.83. The third kappa shape index (κ3) is 5.73. The number of guanidine groups is 1. The summed E-state index contributed by atoms with van der Waals surface area (Å²) in [6.07, 6.45) is 7.09. The molecule has 0 bridgehead atoms. The van der Waals surface area contributed by atoms with Gasteiger partial charge in [-0.05, 0) is 42.2 Å². The second-order valence-corrected chi connectivity index (χ2v) is 8.64. The molecule has 5 heteroatoms. The number of hydrogen-bond donors (Lipinski definition) is 1. The highest BCUT2D eigenvalue weighted by Crippen LogP contribution is 2.28. The second-order valence-electron chi connectivity index (χ2n) is 8.64. The predicted octanol–water partition coefficient (Wildman–Crippen LogP) is 3.64. The number of amides is 1. The van der Waals surface area contributed by atoms with Gasteiger partial charge in [-0.25, -0.2) is 0 Å². The van der Waals surface area contributed by atoms with Crippen molar-refractivity contribution < 1.29 is 4.79 Å². The summed E-state index contributed by atoms with van der Waals surface area (Å²) in [7, 11) is 4.00. The van der Waals surface area contributed by atoms with Gasteiger partial charge in [-0.1, -0.05) is 44.0 Å². The Bertz CT molecular complexity index is 662. The van der Waals surface area contributed by atoms with E-state index in [0.717, 1.165) is 50.4 Å². The van der Waals surface area contributed by atoms with E-state index >= 15 is 0 Å². The molecule has 1 heterocycles. The summed E-state index contributed by atoms with van der Waals surface area (Å²) in [5.74, 6) is 2.92. The van der Waals surface area contributed by atoms with Crippen molar-refractivity contribution in [3.8, 4) is 0 Å². The number of carbonyl (C=O) groups is 1. The molecule has 0 atom stereocenters. The number of nitrogens with zero attached hydrogens (tertiary/aromatic N) is 3. The van der Waals surface area contributed by atoms with Crippen molar-refractivity contribution in [2.45, 2.75) is 58.5 Å². The highest BCUT2D eigenvalue weighted by Gasteiger charge is 2.21. The molecule has 1 amide bonds. The van der Waals surface area contributed by atoms with E-state index in [0.29, 0.717) is 6.42 Å². The molecule has 1 aromatic carbocycles. The van der Waals surface area contributed by atoms with Crippen LogP contribution in [0.3, 0.4) is 0 Å². The molecular formula is C23H36N4O. The first-order valence-corrected chi connectivity index (χ1v) is 10.8. The first-order valence-electron chi connectivity index (χ1n) is 10.8. The summed E-state index contributed by atoms with van der Waals surface area (Å²) in [6, 6.07) is 8.58. The van der Waals surface area contributed by atoms with E-state index in [-0.39, 0.29) is 5.91 Å². The first-order chi connectivity index (χ1) is 13.5. The van der Waals surface area contributed by atoms with E-state index in [2.05, 4.69) is 53.4 Å². The number of carbonyl (C=O) groups excluding carboxylic acids is 1. The Morgan fingerprint density at radius 1 is 1.18 bits per heavy atom. The number of likely N-dealkylation sites (tertiary alicyclic amines) is 1. The van der Waals surface area contributed by atoms with Crippen LogP contribution < -0.4 is 5.32 Å². The van der Waals surface area contributed by atoms with Gasteiger partial charge in [0, 0.05) is 46.7 Å². The topological polar surface area (TPSA) is 47.9 Å². The molecule has 1 aromatic rings. The summed E-state index contributed by atoms with van der Waals surface area (Å²) in [6.45, 7) is 5.84. The zero-order valence-corrected chi connectivity index (χ0v) is 17.8. The van der Waals surface area contributed by atoms with E-state index in [1.807, 2.05) is 11.9 Å². The van der Waals surface area contributed by atoms with E-state index in [4.69, 9.17) is 0 Å². The smallest absolute Gasteiger partial charge is 0.222 e. The average molecular weight is 385 g/mol. The molecule has 3 rings (SSSR count). The molecule has 1 saturated carbocycles. The van der Waals surface area contributed by atoms with Gasteiger partial charge < -0.3 is 15.1 Å². The summed E-state index contributed by atoms with van der Waals surface area (Å²) < 4.78 is 0. The molecular weight excluding hydrogens is 348 g/mol. The van der Waals surface area contributed by atoms with E-state index in [1.165, 1.54) is 36.8 Å². The van der Waals surface area contributed by atoms with Crippen LogP contribution in [0.2, 0.25) is 0 Å². The van der Waals surface area contributed by atoms with Crippen LogP contribution in [0.1, 0.15) is 56.6 Å². The molecule has 1 aliphatic carbocycles. The highest BCUT2D eigenvalue weighted by molar-refractivity contribution is 5.79. The lowest BCUT2D eigenvalue weighted by Gasteiger charge is -2.31. The van der Waals surface area contributed by atoms with Crippen LogP contribution in [0.25, 0.3) is 0 Å². The van der Waals surface area contributed by atoms with Crippen LogP contribution in [0.15, 0.2) is 29.3 Å². The summed E-state index contributed by atoms with van der Waals surface area (Å²) in [5.41, 5.74) is 2.43. The molecule has 28 heavy (non-hydrogen) atoms. The van der Waals surface area contributed by atoms with Gasteiger partial charge >= 0.3 is 0 Å². The van der Waals surface area contributed by atoms with Crippen LogP contribution >= 0.6 is 0 Å². The van der Waals surface area contributed by atoms with Crippen molar-refractivity contribution in [3.63, 3.8) is 0 Å². The minimum Gasteiger partial charge on any atom is -0.352 e. The number of hydrogen-bond acceptors (Lipinski definition) is 2. The van der Waals surface area contributed by atoms with Gasteiger partial charge in [0.1, 0.15) is 0 Å². The van der Waals surface area contributed by atoms with Crippen molar-refractivity contribution in [2.75, 3.05) is 27.2 Å². The minimum absolute atomic E-state index is 0.282. The first kappa shape index (κ1) is 20.7. The number of nitrogens with one attached hydrogen (secondary N) is 1. The Morgan fingerprint density at radius 2 is 1.86 bits per heavy atom. The van der Waals surface area contributed by atoms with E-state index < -0.39 is 0 Å². The van der Waals surface area contributed by atoms with Crippen LogP contribution in [0.4, 0.5) is 0 Å². The van der Waals surface area contributed by atoms with Gasteiger partial charge in [0.15, 0.2) is 5.96 Å². The molecule has 1 aliphatic heterocycles. The molecule has 154 valence electrons. The van der Waals surface area contributed by atoms with E-state index in [1.54, 1.807) is 0 Å². The van der Waals surface area contributed by atoms with Crippen LogP contribution in [-0.2, 0) is 17.9 Å². The maximum atomic E-state index is 11.8. The third-order valence-corrected chi connectivity index (χ3v) is 6.26. The Labute approximate surface area is 170 Å². The van der Waals surface area contributed by atoms with Gasteiger partial charge in [-0.15, -0.1) is 0 Å². The molecule has 0 spiro atoms. The molecule has 2 fully saturated rings. The molecule has 0 unspecified atom stereocenters. The third-order valence-electron chi connectivity index (χ3n) is 6.26. The Hall–Kier alpha value is -2.04. The molecule has 5 nitrogen and oxygen atoms in total. The van der Waals surface area contributed by atoms with Gasteiger partial charge in [0.2, 0.25) is 5.91 Å². The van der Waals surface area contributed by atoms with Crippen LogP contribution in [0.5, 0.6) is 0 Å². The van der Waals surface area contributed by atoms with Crippen molar-refractivity contribution in [1.82, 2.24) is 15.1 Å². The Kier molecular flexibility index (Phi) is 7.35. The largest absolute Gasteiger partial charge is 0.352 e. The highest BCUT2D eigenvalue weighted by atomic mass is 16.2. The summed E-state index contributed by atoms with van der Waals surface area (Å²) in [5, 5.41) is 3.49. The quantitative estimate of drug-likeness (QED) is 0.602. The van der Waals surface area contributed by atoms with Crippen molar-refractivity contribution in [3.05, 3.63) is 35.4 Å². The fraction of sp³-hybridized carbons (Fsp3) is 0.652. The fourth-order valence-corrected chi connectivity index (χ4v) is 4.41. The maximum absolute atomic E-state index is 11.8. The fourth-order valence-electron chi connectivity index (χ4n) is 4.41. The van der Waals surface area contributed by atoms with Crippen molar-refractivity contribution in [2.24, 2.45) is 16.8 Å². The Balaban J connectivity index is 1.45. The predicted molar refractivity (Wildman–Crippen MR) is 115 cm³/mol. The average Bonchev–Trinajstić information content (AvgIpc) is 3.10. The Morgan fingerprint density at radius 3 is 2.46 bits per heavy atom. The standard InChI is InChI=1S/C23H36N4O/c1-18-6-8-20(9-7-18)16-26(3)23(24-2)25-15-19-10-12-21(13-11-19)17-27-14-4-5-22(27)28/h10-13,18,20H,4-9,14-17H2,1-3H3,(H,24,25). The number of benzene rings is 1. The van der Waals surface area contributed by atoms with Gasteiger partial charge in [0.25, 0.3) is 0 Å². The molecule has 0 radical (unpaired) electrons. The lowest BCUT2D eigenvalue weighted by Crippen LogP contribution is -2.41. The van der Waals surface area contributed by atoms with Crippen molar-refractivity contribution in [1.29, 1.82) is 0 Å². The maximum Gasteiger partial charge on any atom is 0.222 e. The normalized spacial score (nSPS) is 23.2. The SMILES string of the molecule is CN=C(NCc1ccc(CN2CCCC2=O)cc1)N(C)CC1CCC(C)CC1. The lowest BCUT2D eigenvalue weighted by molar-refractivity contribution is -0.128. The van der Waals surface area contributed by atoms with Gasteiger partial charge in [-0.3, -0.25) is 9.79 Å². The molecule has 2 aliphatic rings. The second kappa shape index (κ2) is 9.94. The zero-order chi connectivity index (χ0) is 19.9. The van der Waals surface area contributed by atoms with Gasteiger partial charge in [-0.2, -0.15) is 0 Å². The summed E-state index contributed by atoms with van der Waals surface area (Å²) in [4.78, 5) is 20.5.